The number of hydrogen-bond donors (Lipinski definition) is 2. The van der Waals surface area contributed by atoms with Crippen LogP contribution in [0.4, 0.5) is 10.1 Å². The van der Waals surface area contributed by atoms with Gasteiger partial charge in [0.05, 0.1) is 12.1 Å². The molecule has 0 radical (unpaired) electrons. The Hall–Kier alpha value is -1.86. The summed E-state index contributed by atoms with van der Waals surface area (Å²) >= 11 is 0. The molecule has 0 aromatic heterocycles. The molecule has 2 rings (SSSR count). The van der Waals surface area contributed by atoms with E-state index >= 15 is 0 Å². The van der Waals surface area contributed by atoms with E-state index in [1.807, 2.05) is 0 Å². The third-order valence-electron chi connectivity index (χ3n) is 3.83. The molecule has 1 amide bonds. The summed E-state index contributed by atoms with van der Waals surface area (Å²) in [5.41, 5.74) is 6.11. The number of amides is 1. The maximum atomic E-state index is 13.5. The third-order valence-corrected chi connectivity index (χ3v) is 3.83. The topological polar surface area (TPSA) is 55.1 Å². The Balaban J connectivity index is 1.90. The van der Waals surface area contributed by atoms with Crippen LogP contribution in [-0.4, -0.2) is 12.5 Å². The van der Waals surface area contributed by atoms with Crippen LogP contribution in [0.25, 0.3) is 0 Å². The van der Waals surface area contributed by atoms with Crippen LogP contribution in [0, 0.1) is 23.6 Å². The van der Waals surface area contributed by atoms with Gasteiger partial charge in [0.1, 0.15) is 5.82 Å². The fourth-order valence-corrected chi connectivity index (χ4v) is 2.70. The number of nitrogens with one attached hydrogen (secondary N) is 1. The van der Waals surface area contributed by atoms with Crippen LogP contribution in [0.5, 0.6) is 0 Å². The van der Waals surface area contributed by atoms with Crippen LogP contribution < -0.4 is 11.1 Å². The van der Waals surface area contributed by atoms with Gasteiger partial charge in [-0.3, -0.25) is 4.79 Å². The standard InChI is InChI=1S/C17H21FN2O/c18-16-9-8-15(12-14(16)6-3-11-19)20-17(21)10-7-13-4-1-2-5-13/h8-9,12-13H,1-2,4-5,7,10-11,19H2,(H,20,21). The van der Waals surface area contributed by atoms with E-state index in [1.165, 1.54) is 31.7 Å². The van der Waals surface area contributed by atoms with Crippen molar-refractivity contribution in [1.82, 2.24) is 0 Å². The lowest BCUT2D eigenvalue weighted by atomic mass is 10.0. The normalized spacial score (nSPS) is 14.6. The first-order valence-electron chi connectivity index (χ1n) is 7.47. The maximum absolute atomic E-state index is 13.5. The first-order chi connectivity index (χ1) is 10.2. The zero-order chi connectivity index (χ0) is 15.1. The van der Waals surface area contributed by atoms with Crippen LogP contribution >= 0.6 is 0 Å². The highest BCUT2D eigenvalue weighted by molar-refractivity contribution is 5.90. The van der Waals surface area contributed by atoms with Crippen molar-refractivity contribution in [1.29, 1.82) is 0 Å². The molecule has 0 atom stereocenters. The highest BCUT2D eigenvalue weighted by atomic mass is 19.1. The largest absolute Gasteiger partial charge is 0.326 e. The van der Waals surface area contributed by atoms with Gasteiger partial charge in [-0.1, -0.05) is 37.5 Å². The number of nitrogens with two attached hydrogens (primary N) is 1. The Morgan fingerprint density at radius 1 is 1.38 bits per heavy atom. The number of carbonyl (C=O) groups is 1. The lowest BCUT2D eigenvalue weighted by molar-refractivity contribution is -0.116. The van der Waals surface area contributed by atoms with Crippen molar-refractivity contribution in [3.8, 4) is 11.8 Å². The highest BCUT2D eigenvalue weighted by Crippen LogP contribution is 2.28. The molecule has 1 aromatic rings. The zero-order valence-corrected chi connectivity index (χ0v) is 12.1. The second kappa shape index (κ2) is 7.80. The summed E-state index contributed by atoms with van der Waals surface area (Å²) in [6.45, 7) is 0.178. The molecule has 0 saturated heterocycles. The summed E-state index contributed by atoms with van der Waals surface area (Å²) in [5.74, 6) is 5.54. The van der Waals surface area contributed by atoms with Gasteiger partial charge in [-0.25, -0.2) is 4.39 Å². The number of rotatable bonds is 4. The van der Waals surface area contributed by atoms with Gasteiger partial charge in [0, 0.05) is 12.1 Å². The molecule has 21 heavy (non-hydrogen) atoms. The summed E-state index contributed by atoms with van der Waals surface area (Å²) < 4.78 is 13.5. The number of hydrogen-bond acceptors (Lipinski definition) is 2. The molecule has 1 aliphatic carbocycles. The minimum Gasteiger partial charge on any atom is -0.326 e. The van der Waals surface area contributed by atoms with Crippen molar-refractivity contribution in [3.63, 3.8) is 0 Å². The van der Waals surface area contributed by atoms with Crippen LogP contribution in [0.2, 0.25) is 0 Å². The third kappa shape index (κ3) is 4.87. The Bertz CT molecular complexity index is 554. The van der Waals surface area contributed by atoms with Gasteiger partial charge >= 0.3 is 0 Å². The summed E-state index contributed by atoms with van der Waals surface area (Å²) in [6.07, 6.45) is 6.50. The predicted octanol–water partition coefficient (Wildman–Crippen LogP) is 3.04. The lowest BCUT2D eigenvalue weighted by Crippen LogP contribution is -2.13. The van der Waals surface area contributed by atoms with Crippen molar-refractivity contribution in [2.75, 3.05) is 11.9 Å². The molecule has 1 aromatic carbocycles. The number of benzene rings is 1. The van der Waals surface area contributed by atoms with Crippen molar-refractivity contribution in [2.45, 2.75) is 38.5 Å². The fraction of sp³-hybridized carbons (Fsp3) is 0.471. The molecule has 0 spiro atoms. The number of halogens is 1. The van der Waals surface area contributed by atoms with E-state index in [9.17, 15) is 9.18 Å². The Labute approximate surface area is 125 Å². The monoisotopic (exact) mass is 288 g/mol. The zero-order valence-electron chi connectivity index (χ0n) is 12.1. The van der Waals surface area contributed by atoms with Gasteiger partial charge in [0.2, 0.25) is 5.91 Å². The molecule has 4 heteroatoms. The molecule has 1 fully saturated rings. The van der Waals surface area contributed by atoms with E-state index < -0.39 is 5.82 Å². The smallest absolute Gasteiger partial charge is 0.224 e. The Morgan fingerprint density at radius 2 is 2.14 bits per heavy atom. The minimum absolute atomic E-state index is 0.0220. The molecule has 3 N–H and O–H groups in total. The van der Waals surface area contributed by atoms with Crippen molar-refractivity contribution in [2.24, 2.45) is 11.7 Å². The summed E-state index contributed by atoms with van der Waals surface area (Å²) in [6, 6.07) is 4.41. The minimum atomic E-state index is -0.403. The van der Waals surface area contributed by atoms with Gasteiger partial charge in [0.15, 0.2) is 0 Å². The summed E-state index contributed by atoms with van der Waals surface area (Å²) in [5, 5.41) is 2.81. The van der Waals surface area contributed by atoms with Gasteiger partial charge in [-0.15, -0.1) is 0 Å². The van der Waals surface area contributed by atoms with Gasteiger partial charge < -0.3 is 11.1 Å². The maximum Gasteiger partial charge on any atom is 0.224 e. The van der Waals surface area contributed by atoms with Crippen molar-refractivity contribution < 1.29 is 9.18 Å². The van der Waals surface area contributed by atoms with Gasteiger partial charge in [0.25, 0.3) is 0 Å². The van der Waals surface area contributed by atoms with Gasteiger partial charge in [-0.2, -0.15) is 0 Å². The van der Waals surface area contributed by atoms with E-state index in [-0.39, 0.29) is 18.0 Å². The fourth-order valence-electron chi connectivity index (χ4n) is 2.70. The molecule has 1 saturated carbocycles. The van der Waals surface area contributed by atoms with Crippen LogP contribution in [0.15, 0.2) is 18.2 Å². The lowest BCUT2D eigenvalue weighted by Gasteiger charge is -2.09. The first kappa shape index (κ1) is 15.5. The molecule has 0 heterocycles. The van der Waals surface area contributed by atoms with Crippen molar-refractivity contribution in [3.05, 3.63) is 29.6 Å². The van der Waals surface area contributed by atoms with E-state index in [0.717, 1.165) is 6.42 Å². The number of anilines is 1. The quantitative estimate of drug-likeness (QED) is 0.837. The van der Waals surface area contributed by atoms with Crippen LogP contribution in [-0.2, 0) is 4.79 Å². The second-order valence-electron chi connectivity index (χ2n) is 5.44. The molecular weight excluding hydrogens is 267 g/mol. The molecule has 0 unspecified atom stereocenters. The van der Waals surface area contributed by atoms with Crippen LogP contribution in [0.3, 0.4) is 0 Å². The Morgan fingerprint density at radius 3 is 2.86 bits per heavy atom. The van der Waals surface area contributed by atoms with E-state index in [2.05, 4.69) is 17.2 Å². The second-order valence-corrected chi connectivity index (χ2v) is 5.44. The SMILES string of the molecule is NCC#Cc1cc(NC(=O)CCC2CCCC2)ccc1F. The predicted molar refractivity (Wildman–Crippen MR) is 82.2 cm³/mol. The van der Waals surface area contributed by atoms with Gasteiger partial charge in [-0.05, 0) is 30.5 Å². The van der Waals surface area contributed by atoms with Crippen molar-refractivity contribution >= 4 is 11.6 Å². The molecule has 0 aliphatic heterocycles. The number of carbonyl (C=O) groups excluding carboxylic acids is 1. The van der Waals surface area contributed by atoms with E-state index in [1.54, 1.807) is 12.1 Å². The molecule has 3 nitrogen and oxygen atoms in total. The highest BCUT2D eigenvalue weighted by Gasteiger charge is 2.16. The first-order valence-corrected chi connectivity index (χ1v) is 7.47. The molecule has 1 aliphatic rings. The average Bonchev–Trinajstić information content (AvgIpc) is 2.99. The van der Waals surface area contributed by atoms with E-state index in [0.29, 0.717) is 18.0 Å². The molecular formula is C17H21FN2O. The van der Waals surface area contributed by atoms with E-state index in [4.69, 9.17) is 5.73 Å². The summed E-state index contributed by atoms with van der Waals surface area (Å²) in [4.78, 5) is 11.9. The molecule has 112 valence electrons. The molecule has 0 bridgehead atoms. The summed E-state index contributed by atoms with van der Waals surface area (Å²) in [7, 11) is 0. The Kier molecular flexibility index (Phi) is 5.77. The average molecular weight is 288 g/mol. The van der Waals surface area contributed by atoms with Crippen LogP contribution in [0.1, 0.15) is 44.1 Å².